The highest BCUT2D eigenvalue weighted by Crippen LogP contribution is 2.32. The average molecular weight is 370 g/mol. The number of rotatable bonds is 8. The lowest BCUT2D eigenvalue weighted by atomic mass is 10.1. The second-order valence-corrected chi connectivity index (χ2v) is 6.16. The minimum absolute atomic E-state index is 0.0783. The van der Waals surface area contributed by atoms with Crippen molar-refractivity contribution >= 4 is 17.5 Å². The number of nitrogens with zero attached hydrogens (tertiary/aromatic N) is 1. The Kier molecular flexibility index (Phi) is 7.23. The number of hydrogen-bond acceptors (Lipinski definition) is 4. The molecule has 27 heavy (non-hydrogen) atoms. The maximum atomic E-state index is 12.2. The van der Waals surface area contributed by atoms with Crippen molar-refractivity contribution in [2.75, 3.05) is 32.2 Å². The largest absolute Gasteiger partial charge is 0.497 e. The number of methoxy groups -OCH3 is 2. The molecule has 2 amide bonds. The average Bonchev–Trinajstić information content (AvgIpc) is 2.66. The van der Waals surface area contributed by atoms with Crippen molar-refractivity contribution in [3.63, 3.8) is 0 Å². The van der Waals surface area contributed by atoms with E-state index in [-0.39, 0.29) is 11.8 Å². The summed E-state index contributed by atoms with van der Waals surface area (Å²) in [5, 5.41) is 2.87. The zero-order chi connectivity index (χ0) is 19.8. The second-order valence-electron chi connectivity index (χ2n) is 6.16. The number of ether oxygens (including phenoxy) is 2. The summed E-state index contributed by atoms with van der Waals surface area (Å²) < 4.78 is 10.6. The van der Waals surface area contributed by atoms with Gasteiger partial charge in [0, 0.05) is 26.1 Å². The van der Waals surface area contributed by atoms with Crippen LogP contribution >= 0.6 is 0 Å². The van der Waals surface area contributed by atoms with Crippen LogP contribution in [0, 0.1) is 6.92 Å². The lowest BCUT2D eigenvalue weighted by molar-refractivity contribution is -0.121. The fourth-order valence-electron chi connectivity index (χ4n) is 2.81. The lowest BCUT2D eigenvalue weighted by Gasteiger charge is -2.24. The molecule has 0 radical (unpaired) electrons. The van der Waals surface area contributed by atoms with Gasteiger partial charge in [-0.15, -0.1) is 0 Å². The first-order valence-electron chi connectivity index (χ1n) is 8.77. The summed E-state index contributed by atoms with van der Waals surface area (Å²) in [6.07, 6.45) is 0.315. The van der Waals surface area contributed by atoms with Crippen LogP contribution in [0.5, 0.6) is 11.5 Å². The van der Waals surface area contributed by atoms with E-state index in [9.17, 15) is 9.59 Å². The summed E-state index contributed by atoms with van der Waals surface area (Å²) in [7, 11) is 3.11. The molecule has 0 aliphatic rings. The summed E-state index contributed by atoms with van der Waals surface area (Å²) in [4.78, 5) is 25.9. The first-order valence-corrected chi connectivity index (χ1v) is 8.77. The van der Waals surface area contributed by atoms with Crippen molar-refractivity contribution in [3.8, 4) is 11.5 Å². The molecule has 6 nitrogen and oxygen atoms in total. The number of benzene rings is 2. The van der Waals surface area contributed by atoms with E-state index in [2.05, 4.69) is 5.32 Å². The van der Waals surface area contributed by atoms with E-state index in [1.165, 1.54) is 6.92 Å². The Morgan fingerprint density at radius 1 is 1.07 bits per heavy atom. The van der Waals surface area contributed by atoms with Crippen molar-refractivity contribution in [1.29, 1.82) is 0 Å². The number of carbonyl (C=O) groups excluding carboxylic acids is 2. The van der Waals surface area contributed by atoms with E-state index >= 15 is 0 Å². The van der Waals surface area contributed by atoms with E-state index < -0.39 is 0 Å². The number of carbonyl (C=O) groups is 2. The van der Waals surface area contributed by atoms with Crippen LogP contribution in [0.1, 0.15) is 18.1 Å². The molecule has 0 saturated heterocycles. The number of amides is 2. The number of anilines is 1. The summed E-state index contributed by atoms with van der Waals surface area (Å²) >= 11 is 0. The van der Waals surface area contributed by atoms with Gasteiger partial charge in [0.1, 0.15) is 11.5 Å². The van der Waals surface area contributed by atoms with Gasteiger partial charge in [0.05, 0.1) is 26.3 Å². The van der Waals surface area contributed by atoms with Gasteiger partial charge < -0.3 is 19.7 Å². The van der Waals surface area contributed by atoms with Crippen LogP contribution in [-0.2, 0) is 16.0 Å². The van der Waals surface area contributed by atoms with E-state index in [1.54, 1.807) is 37.3 Å². The topological polar surface area (TPSA) is 67.9 Å². The summed E-state index contributed by atoms with van der Waals surface area (Å²) in [6, 6.07) is 13.1. The molecule has 0 saturated carbocycles. The number of aryl methyl sites for hydroxylation is 1. The van der Waals surface area contributed by atoms with Gasteiger partial charge >= 0.3 is 0 Å². The monoisotopic (exact) mass is 370 g/mol. The van der Waals surface area contributed by atoms with Crippen molar-refractivity contribution in [1.82, 2.24) is 5.32 Å². The van der Waals surface area contributed by atoms with E-state index in [0.717, 1.165) is 11.1 Å². The molecule has 2 rings (SSSR count). The van der Waals surface area contributed by atoms with Gasteiger partial charge in [-0.2, -0.15) is 0 Å². The van der Waals surface area contributed by atoms with E-state index in [1.807, 2.05) is 31.2 Å². The SMILES string of the molecule is COc1ccc(OC)c(N(CCNC(=O)Cc2ccccc2C)C(C)=O)c1. The third-order valence-electron chi connectivity index (χ3n) is 4.33. The Hall–Kier alpha value is -3.02. The van der Waals surface area contributed by atoms with Gasteiger partial charge in [-0.1, -0.05) is 24.3 Å². The van der Waals surface area contributed by atoms with Crippen molar-refractivity contribution in [3.05, 3.63) is 53.6 Å². The van der Waals surface area contributed by atoms with Gasteiger partial charge in [-0.3, -0.25) is 9.59 Å². The molecule has 144 valence electrons. The Morgan fingerprint density at radius 2 is 1.81 bits per heavy atom. The maximum Gasteiger partial charge on any atom is 0.224 e. The first-order chi connectivity index (χ1) is 13.0. The van der Waals surface area contributed by atoms with Crippen molar-refractivity contribution in [2.45, 2.75) is 20.3 Å². The molecule has 0 aliphatic carbocycles. The highest BCUT2D eigenvalue weighted by Gasteiger charge is 2.17. The number of nitrogens with one attached hydrogen (secondary N) is 1. The predicted molar refractivity (Wildman–Crippen MR) is 105 cm³/mol. The van der Waals surface area contributed by atoms with Crippen molar-refractivity contribution < 1.29 is 19.1 Å². The molecule has 0 atom stereocenters. The maximum absolute atomic E-state index is 12.2. The van der Waals surface area contributed by atoms with Gasteiger partial charge in [-0.05, 0) is 30.2 Å². The fourth-order valence-corrected chi connectivity index (χ4v) is 2.81. The molecule has 6 heteroatoms. The summed E-state index contributed by atoms with van der Waals surface area (Å²) in [5.74, 6) is 0.970. The fraction of sp³-hybridized carbons (Fsp3) is 0.333. The standard InChI is InChI=1S/C21H26N2O4/c1-15-7-5-6-8-17(15)13-21(25)22-11-12-23(16(2)24)19-14-18(26-3)9-10-20(19)27-4/h5-10,14H,11-13H2,1-4H3,(H,22,25). The van der Waals surface area contributed by atoms with Crippen LogP contribution in [-0.4, -0.2) is 39.1 Å². The van der Waals surface area contributed by atoms with Gasteiger partial charge in [-0.25, -0.2) is 0 Å². The summed E-state index contributed by atoms with van der Waals surface area (Å²) in [6.45, 7) is 4.13. The Morgan fingerprint density at radius 3 is 2.44 bits per heavy atom. The molecule has 2 aromatic rings. The van der Waals surface area contributed by atoms with E-state index in [4.69, 9.17) is 9.47 Å². The first kappa shape index (κ1) is 20.3. The molecular weight excluding hydrogens is 344 g/mol. The van der Waals surface area contributed by atoms with Crippen LogP contribution in [0.4, 0.5) is 5.69 Å². The zero-order valence-corrected chi connectivity index (χ0v) is 16.2. The molecule has 0 bridgehead atoms. The smallest absolute Gasteiger partial charge is 0.224 e. The second kappa shape index (κ2) is 9.62. The molecule has 2 aromatic carbocycles. The van der Waals surface area contributed by atoms with Crippen molar-refractivity contribution in [2.24, 2.45) is 0 Å². The molecule has 0 fully saturated rings. The molecule has 0 spiro atoms. The highest BCUT2D eigenvalue weighted by molar-refractivity contribution is 5.93. The molecule has 1 N–H and O–H groups in total. The molecule has 0 aromatic heterocycles. The molecule has 0 heterocycles. The third kappa shape index (κ3) is 5.48. The van der Waals surface area contributed by atoms with Gasteiger partial charge in [0.25, 0.3) is 0 Å². The van der Waals surface area contributed by atoms with Gasteiger partial charge in [0.15, 0.2) is 0 Å². The van der Waals surface area contributed by atoms with Crippen LogP contribution in [0.2, 0.25) is 0 Å². The Bertz CT molecular complexity index is 805. The lowest BCUT2D eigenvalue weighted by Crippen LogP contribution is -2.38. The van der Waals surface area contributed by atoms with Crippen LogP contribution in [0.25, 0.3) is 0 Å². The minimum Gasteiger partial charge on any atom is -0.497 e. The van der Waals surface area contributed by atoms with Crippen LogP contribution < -0.4 is 19.7 Å². The third-order valence-corrected chi connectivity index (χ3v) is 4.33. The molecule has 0 aliphatic heterocycles. The normalized spacial score (nSPS) is 10.2. The van der Waals surface area contributed by atoms with Gasteiger partial charge in [0.2, 0.25) is 11.8 Å². The summed E-state index contributed by atoms with van der Waals surface area (Å²) in [5.41, 5.74) is 2.68. The van der Waals surface area contributed by atoms with E-state index in [0.29, 0.717) is 36.7 Å². The number of hydrogen-bond donors (Lipinski definition) is 1. The zero-order valence-electron chi connectivity index (χ0n) is 16.2. The molecular formula is C21H26N2O4. The highest BCUT2D eigenvalue weighted by atomic mass is 16.5. The quantitative estimate of drug-likeness (QED) is 0.776. The van der Waals surface area contributed by atoms with Crippen LogP contribution in [0.15, 0.2) is 42.5 Å². The molecule has 0 unspecified atom stereocenters. The minimum atomic E-state index is -0.144. The Labute approximate surface area is 160 Å². The van der Waals surface area contributed by atoms with Crippen LogP contribution in [0.3, 0.4) is 0 Å². The Balaban J connectivity index is 2.02. The predicted octanol–water partition coefficient (Wildman–Crippen LogP) is 2.72.